The molecule has 0 aromatic heterocycles. The third-order valence-corrected chi connectivity index (χ3v) is 2.77. The van der Waals surface area contributed by atoms with E-state index in [1.54, 1.807) is 0 Å². The molecular weight excluding hydrogens is 232 g/mol. The van der Waals surface area contributed by atoms with Crippen LogP contribution < -0.4 is 5.73 Å². The van der Waals surface area contributed by atoms with E-state index in [0.717, 1.165) is 5.56 Å². The smallest absolute Gasteiger partial charge is 0.118 e. The first-order chi connectivity index (χ1) is 9.24. The zero-order valence-electron chi connectivity index (χ0n) is 11.1. The minimum atomic E-state index is 0.547. The van der Waals surface area contributed by atoms with Crippen molar-refractivity contribution in [2.45, 2.75) is 13.5 Å². The van der Waals surface area contributed by atoms with Crippen LogP contribution in [0, 0.1) is 6.92 Å². The van der Waals surface area contributed by atoms with Crippen molar-refractivity contribution < 1.29 is 0 Å². The van der Waals surface area contributed by atoms with Gasteiger partial charge in [0.1, 0.15) is 5.84 Å². The van der Waals surface area contributed by atoms with E-state index >= 15 is 0 Å². The number of hydrogen-bond acceptors (Lipinski definition) is 1. The van der Waals surface area contributed by atoms with Crippen LogP contribution in [0.15, 0.2) is 65.7 Å². The maximum Gasteiger partial charge on any atom is 0.118 e. The fraction of sp³-hybridized carbons (Fsp3) is 0.118. The predicted molar refractivity (Wildman–Crippen MR) is 82.0 cm³/mol. The number of hydrogen-bond donors (Lipinski definition) is 1. The number of aryl methyl sites for hydroxylation is 1. The normalized spacial score (nSPS) is 11.9. The molecule has 0 aliphatic heterocycles. The van der Waals surface area contributed by atoms with Crippen LogP contribution in [0.25, 0.3) is 6.08 Å². The van der Waals surface area contributed by atoms with Gasteiger partial charge in [-0.1, -0.05) is 66.2 Å². The molecule has 2 aromatic carbocycles. The molecule has 2 nitrogen and oxygen atoms in total. The summed E-state index contributed by atoms with van der Waals surface area (Å²) in [7, 11) is 0. The summed E-state index contributed by atoms with van der Waals surface area (Å²) in [5.41, 5.74) is 9.41. The predicted octanol–water partition coefficient (Wildman–Crippen LogP) is 3.57. The van der Waals surface area contributed by atoms with Gasteiger partial charge in [-0.05, 0) is 24.1 Å². The number of benzene rings is 2. The summed E-state index contributed by atoms with van der Waals surface area (Å²) in [6.45, 7) is 2.69. The highest BCUT2D eigenvalue weighted by Crippen LogP contribution is 2.05. The molecule has 0 unspecified atom stereocenters. The van der Waals surface area contributed by atoms with E-state index in [1.807, 2.05) is 48.6 Å². The molecule has 0 aliphatic rings. The lowest BCUT2D eigenvalue weighted by molar-refractivity contribution is 1.06. The van der Waals surface area contributed by atoms with Gasteiger partial charge in [-0.25, -0.2) is 0 Å². The van der Waals surface area contributed by atoms with Crippen LogP contribution in [0.2, 0.25) is 0 Å². The second-order valence-electron chi connectivity index (χ2n) is 4.47. The van der Waals surface area contributed by atoms with E-state index in [2.05, 4.69) is 30.1 Å². The molecule has 0 bridgehead atoms. The first-order valence-corrected chi connectivity index (χ1v) is 6.32. The van der Waals surface area contributed by atoms with Crippen molar-refractivity contribution in [3.05, 3.63) is 77.4 Å². The zero-order chi connectivity index (χ0) is 13.5. The van der Waals surface area contributed by atoms with Gasteiger partial charge in [0.2, 0.25) is 0 Å². The Kier molecular flexibility index (Phi) is 4.51. The largest absolute Gasteiger partial charge is 0.384 e. The summed E-state index contributed by atoms with van der Waals surface area (Å²) in [6, 6.07) is 18.4. The van der Waals surface area contributed by atoms with Crippen molar-refractivity contribution in [1.29, 1.82) is 0 Å². The van der Waals surface area contributed by atoms with Crippen molar-refractivity contribution in [2.24, 2.45) is 10.7 Å². The van der Waals surface area contributed by atoms with Crippen LogP contribution in [0.3, 0.4) is 0 Å². The lowest BCUT2D eigenvalue weighted by Gasteiger charge is -1.99. The van der Waals surface area contributed by atoms with Crippen LogP contribution in [-0.4, -0.2) is 5.84 Å². The summed E-state index contributed by atoms with van der Waals surface area (Å²) in [5.74, 6) is 0.547. The van der Waals surface area contributed by atoms with Gasteiger partial charge >= 0.3 is 0 Å². The summed E-state index contributed by atoms with van der Waals surface area (Å²) in [6.07, 6.45) is 3.81. The van der Waals surface area contributed by atoms with Crippen molar-refractivity contribution >= 4 is 11.9 Å². The third-order valence-electron chi connectivity index (χ3n) is 2.77. The molecule has 2 heteroatoms. The average molecular weight is 250 g/mol. The maximum absolute atomic E-state index is 5.87. The van der Waals surface area contributed by atoms with Crippen LogP contribution in [0.5, 0.6) is 0 Å². The summed E-state index contributed by atoms with van der Waals surface area (Å²) in [5, 5.41) is 0. The quantitative estimate of drug-likeness (QED) is 0.654. The molecular formula is C17H18N2. The molecule has 0 heterocycles. The Hall–Kier alpha value is -2.35. The van der Waals surface area contributed by atoms with Crippen LogP contribution in [-0.2, 0) is 6.54 Å². The molecule has 19 heavy (non-hydrogen) atoms. The second kappa shape index (κ2) is 6.55. The number of rotatable bonds is 4. The van der Waals surface area contributed by atoms with Crippen molar-refractivity contribution in [1.82, 2.24) is 0 Å². The molecule has 0 spiro atoms. The van der Waals surface area contributed by atoms with Crippen LogP contribution in [0.4, 0.5) is 0 Å². The standard InChI is InChI=1S/C17H18N2/c1-14-6-5-9-16(12-14)13-19-17(18)11-10-15-7-3-2-4-8-15/h2-12H,13H2,1H3,(H2,18,19)/b11-10+. The number of amidine groups is 1. The van der Waals surface area contributed by atoms with Crippen LogP contribution >= 0.6 is 0 Å². The van der Waals surface area contributed by atoms with Gasteiger partial charge in [0, 0.05) is 0 Å². The highest BCUT2D eigenvalue weighted by Gasteiger charge is 1.92. The summed E-state index contributed by atoms with van der Waals surface area (Å²) in [4.78, 5) is 4.36. The SMILES string of the molecule is Cc1cccc(CN=C(N)/C=C/c2ccccc2)c1. The minimum Gasteiger partial charge on any atom is -0.384 e. The molecule has 0 fully saturated rings. The molecule has 0 radical (unpaired) electrons. The molecule has 2 rings (SSSR count). The van der Waals surface area contributed by atoms with Gasteiger partial charge in [-0.3, -0.25) is 4.99 Å². The van der Waals surface area contributed by atoms with Gasteiger partial charge in [0.15, 0.2) is 0 Å². The fourth-order valence-electron chi connectivity index (χ4n) is 1.79. The minimum absolute atomic E-state index is 0.547. The number of aliphatic imine (C=N–C) groups is 1. The lowest BCUT2D eigenvalue weighted by Crippen LogP contribution is -2.07. The molecule has 0 amide bonds. The molecule has 0 saturated heterocycles. The van der Waals surface area contributed by atoms with Gasteiger partial charge in [-0.2, -0.15) is 0 Å². The van der Waals surface area contributed by atoms with E-state index < -0.39 is 0 Å². The Bertz CT molecular complexity index is 583. The summed E-state index contributed by atoms with van der Waals surface area (Å²) >= 11 is 0. The molecule has 0 saturated carbocycles. The highest BCUT2D eigenvalue weighted by molar-refractivity contribution is 5.95. The number of nitrogens with two attached hydrogens (primary N) is 1. The van der Waals surface area contributed by atoms with Gasteiger partial charge in [0.05, 0.1) is 6.54 Å². The van der Waals surface area contributed by atoms with E-state index in [0.29, 0.717) is 12.4 Å². The van der Waals surface area contributed by atoms with Gasteiger partial charge < -0.3 is 5.73 Å². The first-order valence-electron chi connectivity index (χ1n) is 6.32. The summed E-state index contributed by atoms with van der Waals surface area (Å²) < 4.78 is 0. The zero-order valence-corrected chi connectivity index (χ0v) is 11.1. The number of nitrogens with zero attached hydrogens (tertiary/aromatic N) is 1. The van der Waals surface area contributed by atoms with Crippen molar-refractivity contribution in [3.63, 3.8) is 0 Å². The first kappa shape index (κ1) is 13.1. The van der Waals surface area contributed by atoms with Gasteiger partial charge in [-0.15, -0.1) is 0 Å². The molecule has 96 valence electrons. The topological polar surface area (TPSA) is 38.4 Å². The lowest BCUT2D eigenvalue weighted by atomic mass is 10.1. The Morgan fingerprint density at radius 3 is 2.63 bits per heavy atom. The Morgan fingerprint density at radius 1 is 1.11 bits per heavy atom. The van der Waals surface area contributed by atoms with Crippen LogP contribution in [0.1, 0.15) is 16.7 Å². The maximum atomic E-state index is 5.87. The molecule has 2 N–H and O–H groups in total. The monoisotopic (exact) mass is 250 g/mol. The molecule has 2 aromatic rings. The highest BCUT2D eigenvalue weighted by atomic mass is 14.8. The molecule has 0 aliphatic carbocycles. The third kappa shape index (κ3) is 4.43. The second-order valence-corrected chi connectivity index (χ2v) is 4.47. The van der Waals surface area contributed by atoms with E-state index in [-0.39, 0.29) is 0 Å². The molecule has 0 atom stereocenters. The Labute approximate surface area is 114 Å². The van der Waals surface area contributed by atoms with E-state index in [9.17, 15) is 0 Å². The fourth-order valence-corrected chi connectivity index (χ4v) is 1.79. The van der Waals surface area contributed by atoms with E-state index in [1.165, 1.54) is 11.1 Å². The Balaban J connectivity index is 1.98. The Morgan fingerprint density at radius 2 is 1.89 bits per heavy atom. The van der Waals surface area contributed by atoms with Crippen molar-refractivity contribution in [3.8, 4) is 0 Å². The van der Waals surface area contributed by atoms with Crippen molar-refractivity contribution in [2.75, 3.05) is 0 Å². The van der Waals surface area contributed by atoms with E-state index in [4.69, 9.17) is 5.73 Å². The average Bonchev–Trinajstić information content (AvgIpc) is 2.44. The van der Waals surface area contributed by atoms with Gasteiger partial charge in [0.25, 0.3) is 0 Å².